The van der Waals surface area contributed by atoms with Crippen LogP contribution in [0.4, 0.5) is 0 Å². The molecule has 4 rings (SSSR count). The van der Waals surface area contributed by atoms with Gasteiger partial charge in [0.05, 0.1) is 18.0 Å². The molecule has 3 fully saturated rings. The summed E-state index contributed by atoms with van der Waals surface area (Å²) in [5.41, 5.74) is 2.73. The summed E-state index contributed by atoms with van der Waals surface area (Å²) in [7, 11) is 3.87. The first-order chi connectivity index (χ1) is 15.1. The van der Waals surface area contributed by atoms with Crippen LogP contribution in [0.5, 0.6) is 0 Å². The second-order valence-electron chi connectivity index (χ2n) is 11.6. The molecule has 0 aliphatic heterocycles. The molecule has 0 radical (unpaired) electrons. The molecule has 4 aliphatic rings. The van der Waals surface area contributed by atoms with Gasteiger partial charge in [-0.05, 0) is 87.0 Å². The first kappa shape index (κ1) is 23.7. The van der Waals surface area contributed by atoms with E-state index in [1.54, 1.807) is 5.57 Å². The fourth-order valence-corrected chi connectivity index (χ4v) is 8.23. The maximum atomic E-state index is 11.9. The SMILES string of the molecule is CC(=NN(C)C)[C@@]1(O)CC[C@H]2[C@@H]3C[C@H](C)C4=CC(=NOCCO)CC[C@]4(C)[C@H]3CC[C@@]21C. The number of hydrazone groups is 1. The van der Waals surface area contributed by atoms with Gasteiger partial charge in [-0.3, -0.25) is 0 Å². The Morgan fingerprint density at radius 2 is 1.91 bits per heavy atom. The van der Waals surface area contributed by atoms with E-state index in [1.165, 1.54) is 12.8 Å². The second-order valence-corrected chi connectivity index (χ2v) is 11.6. The van der Waals surface area contributed by atoms with E-state index in [-0.39, 0.29) is 24.0 Å². The van der Waals surface area contributed by atoms with Crippen LogP contribution in [0, 0.1) is 34.5 Å². The van der Waals surface area contributed by atoms with Crippen LogP contribution < -0.4 is 0 Å². The van der Waals surface area contributed by atoms with E-state index in [0.29, 0.717) is 23.7 Å². The topological polar surface area (TPSA) is 77.7 Å². The van der Waals surface area contributed by atoms with Gasteiger partial charge in [0.15, 0.2) is 0 Å². The molecule has 0 amide bonds. The number of aliphatic hydroxyl groups is 2. The molecule has 7 atom stereocenters. The molecule has 180 valence electrons. The Hall–Kier alpha value is -1.40. The summed E-state index contributed by atoms with van der Waals surface area (Å²) in [5, 5.41) is 31.7. The molecule has 6 heteroatoms. The Labute approximate surface area is 193 Å². The summed E-state index contributed by atoms with van der Waals surface area (Å²) in [5.74, 6) is 2.37. The van der Waals surface area contributed by atoms with Gasteiger partial charge in [-0.25, -0.2) is 0 Å². The van der Waals surface area contributed by atoms with Crippen LogP contribution in [0.25, 0.3) is 0 Å². The zero-order valence-corrected chi connectivity index (χ0v) is 20.9. The summed E-state index contributed by atoms with van der Waals surface area (Å²) in [6.07, 6.45) is 9.69. The van der Waals surface area contributed by atoms with Gasteiger partial charge in [-0.2, -0.15) is 5.10 Å². The van der Waals surface area contributed by atoms with E-state index < -0.39 is 5.60 Å². The molecular weight excluding hydrogens is 402 g/mol. The molecule has 4 aliphatic carbocycles. The molecule has 0 bridgehead atoms. The van der Waals surface area contributed by atoms with Gasteiger partial charge in [-0.1, -0.05) is 31.5 Å². The maximum absolute atomic E-state index is 11.9. The van der Waals surface area contributed by atoms with E-state index in [0.717, 1.165) is 43.5 Å². The van der Waals surface area contributed by atoms with Crippen molar-refractivity contribution in [2.45, 2.75) is 78.2 Å². The van der Waals surface area contributed by atoms with Gasteiger partial charge >= 0.3 is 0 Å². The molecule has 0 aromatic rings. The summed E-state index contributed by atoms with van der Waals surface area (Å²) in [6.45, 7) is 9.48. The van der Waals surface area contributed by atoms with Crippen LogP contribution in [-0.2, 0) is 4.84 Å². The van der Waals surface area contributed by atoms with Crippen LogP contribution in [0.3, 0.4) is 0 Å². The van der Waals surface area contributed by atoms with Gasteiger partial charge in [0.2, 0.25) is 0 Å². The molecule has 3 saturated carbocycles. The lowest BCUT2D eigenvalue weighted by Gasteiger charge is -2.60. The fraction of sp³-hybridized carbons (Fsp3) is 0.846. The van der Waals surface area contributed by atoms with Crippen molar-refractivity contribution >= 4 is 11.4 Å². The Morgan fingerprint density at radius 3 is 2.59 bits per heavy atom. The zero-order chi connectivity index (χ0) is 23.3. The number of fused-ring (bicyclic) bond motifs is 5. The fourth-order valence-electron chi connectivity index (χ4n) is 8.23. The van der Waals surface area contributed by atoms with Gasteiger partial charge in [0.25, 0.3) is 0 Å². The molecule has 0 unspecified atom stereocenters. The smallest absolute Gasteiger partial charge is 0.140 e. The Morgan fingerprint density at radius 1 is 1.19 bits per heavy atom. The normalized spacial score (nSPS) is 45.1. The average Bonchev–Trinajstić information content (AvgIpc) is 3.01. The molecule has 0 spiro atoms. The standard InChI is InChI=1S/C26H43N3O3/c1-17-15-20-21(24(3)10-7-19(16-23(17)24)28-32-14-13-30)8-11-25(4)22(20)9-12-26(25,31)18(2)27-29(5)6/h16-17,20-22,30-31H,7-15H2,1-6H3/t17-,20+,21-,22-,24+,25-,26-/m0/s1. The van der Waals surface area contributed by atoms with Crippen molar-refractivity contribution in [3.05, 3.63) is 11.6 Å². The summed E-state index contributed by atoms with van der Waals surface area (Å²) < 4.78 is 0. The van der Waals surface area contributed by atoms with Crippen molar-refractivity contribution in [2.24, 2.45) is 44.8 Å². The van der Waals surface area contributed by atoms with E-state index in [4.69, 9.17) is 9.94 Å². The molecule has 0 aromatic carbocycles. The van der Waals surface area contributed by atoms with Gasteiger partial charge < -0.3 is 20.1 Å². The Bertz CT molecular complexity index is 821. The first-order valence-electron chi connectivity index (χ1n) is 12.5. The molecular formula is C26H43N3O3. The van der Waals surface area contributed by atoms with Crippen LogP contribution >= 0.6 is 0 Å². The molecule has 0 heterocycles. The number of oxime groups is 1. The highest BCUT2D eigenvalue weighted by atomic mass is 16.6. The third-order valence-corrected chi connectivity index (χ3v) is 9.76. The first-order valence-corrected chi connectivity index (χ1v) is 12.5. The van der Waals surface area contributed by atoms with Crippen molar-refractivity contribution in [3.8, 4) is 0 Å². The third-order valence-electron chi connectivity index (χ3n) is 9.76. The van der Waals surface area contributed by atoms with Crippen LogP contribution in [0.2, 0.25) is 0 Å². The largest absolute Gasteiger partial charge is 0.393 e. The van der Waals surface area contributed by atoms with Crippen LogP contribution in [0.15, 0.2) is 21.9 Å². The minimum absolute atomic E-state index is 0.00352. The summed E-state index contributed by atoms with van der Waals surface area (Å²) in [4.78, 5) is 5.27. The summed E-state index contributed by atoms with van der Waals surface area (Å²) in [6, 6.07) is 0. The van der Waals surface area contributed by atoms with Gasteiger partial charge in [-0.15, -0.1) is 0 Å². The highest BCUT2D eigenvalue weighted by molar-refractivity contribution is 5.96. The predicted octanol–water partition coefficient (Wildman–Crippen LogP) is 4.23. The molecule has 2 N–H and O–H groups in total. The Kier molecular flexibility index (Phi) is 6.25. The minimum Gasteiger partial charge on any atom is -0.393 e. The molecule has 0 aromatic heterocycles. The Balaban J connectivity index is 1.63. The zero-order valence-electron chi connectivity index (χ0n) is 20.9. The second kappa shape index (κ2) is 8.43. The number of rotatable bonds is 5. The average molecular weight is 446 g/mol. The maximum Gasteiger partial charge on any atom is 0.140 e. The third kappa shape index (κ3) is 3.53. The van der Waals surface area contributed by atoms with Crippen molar-refractivity contribution in [3.63, 3.8) is 0 Å². The molecule has 0 saturated heterocycles. The number of aliphatic hydroxyl groups excluding tert-OH is 1. The minimum atomic E-state index is -0.802. The number of nitrogens with zero attached hydrogens (tertiary/aromatic N) is 3. The van der Waals surface area contributed by atoms with Crippen LogP contribution in [-0.4, -0.2) is 59.6 Å². The highest BCUT2D eigenvalue weighted by Crippen LogP contribution is 2.68. The number of allylic oxidation sites excluding steroid dienone is 2. The molecule has 32 heavy (non-hydrogen) atoms. The quantitative estimate of drug-likeness (QED) is 0.377. The lowest BCUT2D eigenvalue weighted by molar-refractivity contribution is -0.100. The van der Waals surface area contributed by atoms with E-state index >= 15 is 0 Å². The number of hydrogen-bond acceptors (Lipinski definition) is 6. The highest BCUT2D eigenvalue weighted by Gasteiger charge is 2.65. The number of hydrogen-bond donors (Lipinski definition) is 2. The monoisotopic (exact) mass is 445 g/mol. The van der Waals surface area contributed by atoms with Crippen molar-refractivity contribution < 1.29 is 15.1 Å². The lowest BCUT2D eigenvalue weighted by atomic mass is 9.44. The van der Waals surface area contributed by atoms with E-state index in [2.05, 4.69) is 37.1 Å². The van der Waals surface area contributed by atoms with Crippen molar-refractivity contribution in [1.29, 1.82) is 0 Å². The van der Waals surface area contributed by atoms with E-state index in [1.807, 2.05) is 26.0 Å². The van der Waals surface area contributed by atoms with E-state index in [9.17, 15) is 5.11 Å². The summed E-state index contributed by atoms with van der Waals surface area (Å²) >= 11 is 0. The van der Waals surface area contributed by atoms with Gasteiger partial charge in [0.1, 0.15) is 12.2 Å². The van der Waals surface area contributed by atoms with Crippen LogP contribution in [0.1, 0.15) is 72.6 Å². The van der Waals surface area contributed by atoms with Crippen molar-refractivity contribution in [1.82, 2.24) is 5.01 Å². The van der Waals surface area contributed by atoms with Crippen molar-refractivity contribution in [2.75, 3.05) is 27.3 Å². The lowest BCUT2D eigenvalue weighted by Crippen LogP contribution is -2.58. The van der Waals surface area contributed by atoms with Gasteiger partial charge in [0, 0.05) is 19.5 Å². The predicted molar refractivity (Wildman–Crippen MR) is 128 cm³/mol. The molecule has 6 nitrogen and oxygen atoms in total.